The van der Waals surface area contributed by atoms with Gasteiger partial charge < -0.3 is 14.8 Å². The third-order valence-corrected chi connectivity index (χ3v) is 2.29. The lowest BCUT2D eigenvalue weighted by Crippen LogP contribution is -2.26. The lowest BCUT2D eigenvalue weighted by molar-refractivity contribution is -0.112. The average molecular weight is 207 g/mol. The molecule has 0 radical (unpaired) electrons. The molecule has 1 heterocycles. The van der Waals surface area contributed by atoms with Crippen molar-refractivity contribution in [2.45, 2.75) is 12.4 Å². The summed E-state index contributed by atoms with van der Waals surface area (Å²) < 4.78 is 11.0. The van der Waals surface area contributed by atoms with Gasteiger partial charge in [0.1, 0.15) is 6.10 Å². The van der Waals surface area contributed by atoms with Crippen molar-refractivity contribution in [2.24, 2.45) is 0 Å². The van der Waals surface area contributed by atoms with Gasteiger partial charge in [0.05, 0.1) is 13.2 Å². The summed E-state index contributed by atoms with van der Waals surface area (Å²) >= 11 is 0. The summed E-state index contributed by atoms with van der Waals surface area (Å²) in [5, 5.41) is 2.53. The maximum absolute atomic E-state index is 10.1. The molecule has 1 aromatic carbocycles. The van der Waals surface area contributed by atoms with E-state index in [0.29, 0.717) is 19.6 Å². The van der Waals surface area contributed by atoms with Crippen molar-refractivity contribution in [3.63, 3.8) is 0 Å². The number of carbonyl (C=O) groups excluding carboxylic acids is 1. The monoisotopic (exact) mass is 207 g/mol. The molecule has 1 amide bonds. The van der Waals surface area contributed by atoms with Crippen LogP contribution >= 0.6 is 0 Å². The Kier molecular flexibility index (Phi) is 3.32. The first-order chi connectivity index (χ1) is 7.40. The van der Waals surface area contributed by atoms with E-state index in [1.165, 1.54) is 0 Å². The fraction of sp³-hybridized carbons (Fsp3) is 0.364. The minimum atomic E-state index is -0.333. The van der Waals surface area contributed by atoms with Gasteiger partial charge in [-0.2, -0.15) is 0 Å². The molecule has 15 heavy (non-hydrogen) atoms. The minimum Gasteiger partial charge on any atom is -0.354 e. The summed E-state index contributed by atoms with van der Waals surface area (Å²) in [7, 11) is 0. The third-order valence-electron chi connectivity index (χ3n) is 2.29. The molecule has 0 aromatic heterocycles. The lowest BCUT2D eigenvalue weighted by atomic mass is 10.1. The van der Waals surface area contributed by atoms with E-state index in [-0.39, 0.29) is 12.4 Å². The normalized spacial score (nSPS) is 25.1. The van der Waals surface area contributed by atoms with Gasteiger partial charge in [-0.15, -0.1) is 0 Å². The van der Waals surface area contributed by atoms with Crippen molar-refractivity contribution in [3.05, 3.63) is 35.9 Å². The first kappa shape index (κ1) is 10.1. The van der Waals surface area contributed by atoms with Gasteiger partial charge in [0, 0.05) is 0 Å². The molecule has 0 spiro atoms. The molecular formula is C11H13NO3. The summed E-state index contributed by atoms with van der Waals surface area (Å²) in [5.74, 6) is 0. The van der Waals surface area contributed by atoms with Crippen LogP contribution in [0, 0.1) is 0 Å². The van der Waals surface area contributed by atoms with Gasteiger partial charge in [0.2, 0.25) is 6.41 Å². The second-order valence-corrected chi connectivity index (χ2v) is 3.32. The Morgan fingerprint density at radius 1 is 1.40 bits per heavy atom. The largest absolute Gasteiger partial charge is 0.354 e. The van der Waals surface area contributed by atoms with Gasteiger partial charge in [-0.05, 0) is 5.56 Å². The van der Waals surface area contributed by atoms with Crippen molar-refractivity contribution < 1.29 is 14.3 Å². The molecule has 1 saturated heterocycles. The van der Waals surface area contributed by atoms with E-state index in [1.54, 1.807) is 0 Å². The Balaban J connectivity index is 1.90. The van der Waals surface area contributed by atoms with Gasteiger partial charge in [-0.3, -0.25) is 4.79 Å². The molecule has 1 aliphatic rings. The summed E-state index contributed by atoms with van der Waals surface area (Å²) in [6.07, 6.45) is 0.285. The fourth-order valence-corrected chi connectivity index (χ4v) is 1.55. The molecule has 4 heteroatoms. The van der Waals surface area contributed by atoms with Gasteiger partial charge in [-0.1, -0.05) is 30.3 Å². The minimum absolute atomic E-state index is 0.0235. The molecule has 0 aliphatic carbocycles. The maximum Gasteiger partial charge on any atom is 0.207 e. The smallest absolute Gasteiger partial charge is 0.207 e. The number of hydrogen-bond donors (Lipinski definition) is 1. The van der Waals surface area contributed by atoms with Crippen molar-refractivity contribution >= 4 is 6.41 Å². The van der Waals surface area contributed by atoms with Crippen LogP contribution in [-0.2, 0) is 14.3 Å². The van der Waals surface area contributed by atoms with E-state index in [1.807, 2.05) is 30.3 Å². The molecule has 2 unspecified atom stereocenters. The van der Waals surface area contributed by atoms with E-state index < -0.39 is 0 Å². The van der Waals surface area contributed by atoms with Gasteiger partial charge in [-0.25, -0.2) is 0 Å². The summed E-state index contributed by atoms with van der Waals surface area (Å²) in [6, 6.07) is 9.91. The van der Waals surface area contributed by atoms with Gasteiger partial charge >= 0.3 is 0 Å². The first-order valence-electron chi connectivity index (χ1n) is 4.89. The molecular weight excluding hydrogens is 194 g/mol. The molecule has 1 aromatic rings. The van der Waals surface area contributed by atoms with Crippen LogP contribution in [0.5, 0.6) is 0 Å². The van der Waals surface area contributed by atoms with E-state index in [0.717, 1.165) is 5.56 Å². The Bertz CT molecular complexity index is 315. The molecule has 0 saturated carbocycles. The number of benzene rings is 1. The lowest BCUT2D eigenvalue weighted by Gasteiger charge is -2.10. The van der Waals surface area contributed by atoms with E-state index in [9.17, 15) is 4.79 Å². The predicted molar refractivity (Wildman–Crippen MR) is 54.1 cm³/mol. The zero-order valence-corrected chi connectivity index (χ0v) is 8.26. The van der Waals surface area contributed by atoms with Crippen LogP contribution in [0.4, 0.5) is 0 Å². The van der Waals surface area contributed by atoms with Crippen molar-refractivity contribution in [1.29, 1.82) is 0 Å². The van der Waals surface area contributed by atoms with Gasteiger partial charge in [0.15, 0.2) is 6.29 Å². The topological polar surface area (TPSA) is 47.6 Å². The third kappa shape index (κ3) is 2.55. The molecule has 1 fully saturated rings. The molecule has 2 rings (SSSR count). The zero-order chi connectivity index (χ0) is 10.5. The number of ether oxygens (including phenoxy) is 2. The molecule has 4 nitrogen and oxygen atoms in total. The predicted octanol–water partition coefficient (Wildman–Crippen LogP) is 0.847. The Hall–Kier alpha value is -1.39. The first-order valence-corrected chi connectivity index (χ1v) is 4.89. The zero-order valence-electron chi connectivity index (χ0n) is 8.26. The molecule has 1 N–H and O–H groups in total. The SMILES string of the molecule is O=CNCC1OCC(c2ccccc2)O1. The van der Waals surface area contributed by atoms with Crippen molar-refractivity contribution in [2.75, 3.05) is 13.2 Å². The number of nitrogens with one attached hydrogen (secondary N) is 1. The highest BCUT2D eigenvalue weighted by molar-refractivity contribution is 5.45. The quantitative estimate of drug-likeness (QED) is 0.744. The van der Waals surface area contributed by atoms with Crippen LogP contribution in [0.25, 0.3) is 0 Å². The van der Waals surface area contributed by atoms with Crippen LogP contribution in [0.3, 0.4) is 0 Å². The van der Waals surface area contributed by atoms with E-state index >= 15 is 0 Å². The highest BCUT2D eigenvalue weighted by Crippen LogP contribution is 2.25. The number of rotatable bonds is 4. The Morgan fingerprint density at radius 3 is 2.93 bits per heavy atom. The second-order valence-electron chi connectivity index (χ2n) is 3.32. The highest BCUT2D eigenvalue weighted by atomic mass is 16.7. The van der Waals surface area contributed by atoms with Crippen LogP contribution in [0.1, 0.15) is 11.7 Å². The number of hydrogen-bond acceptors (Lipinski definition) is 3. The number of amides is 1. The van der Waals surface area contributed by atoms with Crippen LogP contribution in [0.2, 0.25) is 0 Å². The summed E-state index contributed by atoms with van der Waals surface area (Å²) in [5.41, 5.74) is 1.10. The second kappa shape index (κ2) is 4.91. The Morgan fingerprint density at radius 2 is 2.20 bits per heavy atom. The van der Waals surface area contributed by atoms with E-state index in [4.69, 9.17) is 9.47 Å². The molecule has 80 valence electrons. The molecule has 1 aliphatic heterocycles. The summed E-state index contributed by atoms with van der Waals surface area (Å²) in [6.45, 7) is 0.933. The average Bonchev–Trinajstić information content (AvgIpc) is 2.76. The van der Waals surface area contributed by atoms with Gasteiger partial charge in [0.25, 0.3) is 0 Å². The standard InChI is InChI=1S/C11H13NO3/c13-8-12-6-11-14-7-10(15-11)9-4-2-1-3-5-9/h1-5,8,10-11H,6-7H2,(H,12,13). The molecule has 0 bridgehead atoms. The van der Waals surface area contributed by atoms with Crippen molar-refractivity contribution in [1.82, 2.24) is 5.32 Å². The highest BCUT2D eigenvalue weighted by Gasteiger charge is 2.26. The summed E-state index contributed by atoms with van der Waals surface area (Å²) in [4.78, 5) is 10.1. The molecule has 2 atom stereocenters. The van der Waals surface area contributed by atoms with E-state index in [2.05, 4.69) is 5.32 Å². The van der Waals surface area contributed by atoms with Crippen LogP contribution in [-0.4, -0.2) is 25.9 Å². The van der Waals surface area contributed by atoms with Crippen molar-refractivity contribution in [3.8, 4) is 0 Å². The van der Waals surface area contributed by atoms with Crippen LogP contribution in [0.15, 0.2) is 30.3 Å². The number of carbonyl (C=O) groups is 1. The maximum atomic E-state index is 10.1. The van der Waals surface area contributed by atoms with Crippen LogP contribution < -0.4 is 5.32 Å². The fourth-order valence-electron chi connectivity index (χ4n) is 1.55. The Labute approximate surface area is 88.2 Å².